The summed E-state index contributed by atoms with van der Waals surface area (Å²) in [6, 6.07) is 16.8. The molecule has 6 rings (SSSR count). The molecular weight excluding hydrogens is 446 g/mol. The quantitative estimate of drug-likeness (QED) is 0.279. The number of nitrogens with one attached hydrogen (secondary N) is 2. The number of H-pyrrole nitrogens is 1. The Morgan fingerprint density at radius 1 is 1.03 bits per heavy atom. The van der Waals surface area contributed by atoms with Gasteiger partial charge in [0.1, 0.15) is 5.65 Å². The van der Waals surface area contributed by atoms with Crippen LogP contribution in [0, 0.1) is 5.92 Å². The van der Waals surface area contributed by atoms with Gasteiger partial charge in [-0.25, -0.2) is 9.50 Å². The van der Waals surface area contributed by atoms with E-state index in [1.165, 1.54) is 25.7 Å². The molecule has 36 heavy (non-hydrogen) atoms. The Bertz CT molecular complexity index is 1520. The molecule has 0 saturated heterocycles. The lowest BCUT2D eigenvalue weighted by molar-refractivity contribution is 0.0934. The Balaban J connectivity index is 1.31. The smallest absolute Gasteiger partial charge is 0.255 e. The minimum Gasteiger partial charge on any atom is -0.349 e. The number of pyridine rings is 2. The maximum absolute atomic E-state index is 13.3. The third-order valence-corrected chi connectivity index (χ3v) is 7.72. The van der Waals surface area contributed by atoms with Crippen LogP contribution in [0.15, 0.2) is 73.3 Å². The molecule has 0 radical (unpaired) electrons. The summed E-state index contributed by atoms with van der Waals surface area (Å²) in [6.45, 7) is 2.27. The topological polar surface area (TPSA) is 75.1 Å². The second-order valence-corrected chi connectivity index (χ2v) is 9.94. The van der Waals surface area contributed by atoms with Crippen LogP contribution in [0.3, 0.4) is 0 Å². The lowest BCUT2D eigenvalue weighted by Gasteiger charge is -2.16. The van der Waals surface area contributed by atoms with Crippen LogP contribution in [-0.4, -0.2) is 31.5 Å². The van der Waals surface area contributed by atoms with Crippen LogP contribution in [0.2, 0.25) is 0 Å². The number of aromatic amines is 1. The van der Waals surface area contributed by atoms with Gasteiger partial charge in [-0.3, -0.25) is 4.79 Å². The van der Waals surface area contributed by atoms with Gasteiger partial charge in [0.2, 0.25) is 0 Å². The first-order chi connectivity index (χ1) is 17.7. The third kappa shape index (κ3) is 4.28. The summed E-state index contributed by atoms with van der Waals surface area (Å²) in [4.78, 5) is 21.2. The molecule has 1 saturated carbocycles. The number of rotatable bonds is 5. The molecule has 6 nitrogen and oxygen atoms in total. The van der Waals surface area contributed by atoms with Crippen molar-refractivity contribution in [3.63, 3.8) is 0 Å². The van der Waals surface area contributed by atoms with Crippen molar-refractivity contribution in [1.29, 1.82) is 0 Å². The molecule has 4 heterocycles. The summed E-state index contributed by atoms with van der Waals surface area (Å²) >= 11 is 0. The van der Waals surface area contributed by atoms with Crippen molar-refractivity contribution in [1.82, 2.24) is 24.9 Å². The molecule has 0 spiro atoms. The van der Waals surface area contributed by atoms with E-state index in [2.05, 4.69) is 51.6 Å². The predicted molar refractivity (Wildman–Crippen MR) is 144 cm³/mol. The predicted octanol–water partition coefficient (Wildman–Crippen LogP) is 6.63. The minimum absolute atomic E-state index is 0.0333. The van der Waals surface area contributed by atoms with E-state index in [1.54, 1.807) is 10.7 Å². The van der Waals surface area contributed by atoms with E-state index in [9.17, 15) is 4.79 Å². The highest BCUT2D eigenvalue weighted by molar-refractivity contribution is 6.02. The molecule has 6 heteroatoms. The van der Waals surface area contributed by atoms with Gasteiger partial charge in [-0.05, 0) is 54.5 Å². The van der Waals surface area contributed by atoms with E-state index in [1.807, 2.05) is 42.9 Å². The highest BCUT2D eigenvalue weighted by Crippen LogP contribution is 2.32. The van der Waals surface area contributed by atoms with Crippen molar-refractivity contribution in [2.75, 3.05) is 0 Å². The summed E-state index contributed by atoms with van der Waals surface area (Å²) in [5.41, 5.74) is 6.56. The van der Waals surface area contributed by atoms with Gasteiger partial charge in [-0.15, -0.1) is 0 Å². The minimum atomic E-state index is -0.0333. The van der Waals surface area contributed by atoms with Gasteiger partial charge in [-0.1, -0.05) is 56.5 Å². The fourth-order valence-electron chi connectivity index (χ4n) is 5.55. The van der Waals surface area contributed by atoms with Crippen molar-refractivity contribution in [3.05, 3.63) is 78.9 Å². The molecule has 4 aromatic heterocycles. The molecular formula is C30H31N5O. The van der Waals surface area contributed by atoms with Crippen LogP contribution < -0.4 is 5.32 Å². The number of benzene rings is 1. The van der Waals surface area contributed by atoms with Crippen molar-refractivity contribution in [3.8, 4) is 22.3 Å². The van der Waals surface area contributed by atoms with Crippen molar-refractivity contribution in [2.45, 2.75) is 51.5 Å². The number of amides is 1. The molecule has 1 unspecified atom stereocenters. The third-order valence-electron chi connectivity index (χ3n) is 7.72. The molecule has 0 aliphatic heterocycles. The lowest BCUT2D eigenvalue weighted by atomic mass is 9.98. The average molecular weight is 478 g/mol. The fraction of sp³-hybridized carbons (Fsp3) is 0.300. The molecule has 1 fully saturated rings. The van der Waals surface area contributed by atoms with Gasteiger partial charge in [0, 0.05) is 41.1 Å². The summed E-state index contributed by atoms with van der Waals surface area (Å²) in [7, 11) is 0. The van der Waals surface area contributed by atoms with E-state index >= 15 is 0 Å². The Hall–Kier alpha value is -3.93. The Kier molecular flexibility index (Phi) is 6.01. The zero-order valence-electron chi connectivity index (χ0n) is 20.6. The van der Waals surface area contributed by atoms with Crippen LogP contribution in [0.1, 0.15) is 55.8 Å². The summed E-state index contributed by atoms with van der Waals surface area (Å²) in [5, 5.41) is 8.80. The maximum atomic E-state index is 13.3. The van der Waals surface area contributed by atoms with E-state index < -0.39 is 0 Å². The Labute approximate surface area is 210 Å². The summed E-state index contributed by atoms with van der Waals surface area (Å²) in [6.07, 6.45) is 14.5. The van der Waals surface area contributed by atoms with Crippen LogP contribution in [0.5, 0.6) is 0 Å². The maximum Gasteiger partial charge on any atom is 0.255 e. The van der Waals surface area contributed by atoms with Crippen LogP contribution in [-0.2, 0) is 0 Å². The second kappa shape index (κ2) is 9.61. The summed E-state index contributed by atoms with van der Waals surface area (Å²) < 4.78 is 1.78. The molecule has 1 aliphatic rings. The molecule has 5 aromatic rings. The van der Waals surface area contributed by atoms with Crippen molar-refractivity contribution in [2.24, 2.45) is 5.92 Å². The highest BCUT2D eigenvalue weighted by atomic mass is 16.1. The second-order valence-electron chi connectivity index (χ2n) is 9.94. The molecule has 1 amide bonds. The average Bonchev–Trinajstić information content (AvgIpc) is 3.47. The monoisotopic (exact) mass is 477 g/mol. The van der Waals surface area contributed by atoms with Crippen LogP contribution in [0.4, 0.5) is 0 Å². The number of nitrogens with zero attached hydrogens (tertiary/aromatic N) is 3. The van der Waals surface area contributed by atoms with Crippen LogP contribution in [0.25, 0.3) is 38.8 Å². The first-order valence-electron chi connectivity index (χ1n) is 13.0. The molecule has 2 atom stereocenters. The van der Waals surface area contributed by atoms with Crippen LogP contribution >= 0.6 is 0 Å². The first-order valence-corrected chi connectivity index (χ1v) is 13.0. The van der Waals surface area contributed by atoms with Gasteiger partial charge in [0.15, 0.2) is 0 Å². The Morgan fingerprint density at radius 2 is 1.92 bits per heavy atom. The van der Waals surface area contributed by atoms with E-state index in [4.69, 9.17) is 0 Å². The van der Waals surface area contributed by atoms with Gasteiger partial charge < -0.3 is 10.3 Å². The number of carbonyl (C=O) groups is 1. The molecule has 0 bridgehead atoms. The van der Waals surface area contributed by atoms with Gasteiger partial charge in [0.05, 0.1) is 17.3 Å². The van der Waals surface area contributed by atoms with E-state index in [0.717, 1.165) is 57.6 Å². The Morgan fingerprint density at radius 3 is 2.78 bits per heavy atom. The normalized spacial score (nSPS) is 18.4. The van der Waals surface area contributed by atoms with Crippen molar-refractivity contribution < 1.29 is 4.79 Å². The highest BCUT2D eigenvalue weighted by Gasteiger charge is 2.22. The number of carbonyl (C=O) groups excluding carboxylic acids is 1. The molecule has 1 aliphatic carbocycles. The number of aromatic nitrogens is 4. The number of fused-ring (bicyclic) bond motifs is 2. The van der Waals surface area contributed by atoms with Gasteiger partial charge >= 0.3 is 0 Å². The molecule has 1 aromatic carbocycles. The molecule has 182 valence electrons. The number of hydrogen-bond acceptors (Lipinski definition) is 3. The standard InChI is InChI=1S/C30H31N5O/c1-2-20-7-6-10-24(12-11-20)34-30(36)27-19-33-35-14-13-22(16-28(27)35)26-18-32-29-25(26)15-23(17-31-29)21-8-4-3-5-9-21/h3-5,8-9,13-20,24H,2,6-7,10-12H2,1H3,(H,31,32)(H,34,36)/t20-,24?/m1/s1. The number of hydrogen-bond donors (Lipinski definition) is 2. The summed E-state index contributed by atoms with van der Waals surface area (Å²) in [5.74, 6) is 0.758. The van der Waals surface area contributed by atoms with E-state index in [0.29, 0.717) is 5.56 Å². The van der Waals surface area contributed by atoms with E-state index in [-0.39, 0.29) is 11.9 Å². The SMILES string of the molecule is CC[C@@H]1CCCC(NC(=O)c2cnn3ccc(-c4c[nH]c5ncc(-c6ccccc6)cc45)cc23)CC1. The van der Waals surface area contributed by atoms with Gasteiger partial charge in [-0.2, -0.15) is 5.10 Å². The fourth-order valence-corrected chi connectivity index (χ4v) is 5.55. The first kappa shape index (κ1) is 22.5. The largest absolute Gasteiger partial charge is 0.349 e. The zero-order valence-corrected chi connectivity index (χ0v) is 20.6. The van der Waals surface area contributed by atoms with Gasteiger partial charge in [0.25, 0.3) is 5.91 Å². The van der Waals surface area contributed by atoms with Crippen molar-refractivity contribution >= 4 is 22.5 Å². The molecule has 2 N–H and O–H groups in total. The lowest BCUT2D eigenvalue weighted by Crippen LogP contribution is -2.34. The zero-order chi connectivity index (χ0) is 24.5.